The number of anilines is 1. The number of para-hydroxylation sites is 1. The minimum absolute atomic E-state index is 0.226. The number of likely N-dealkylation sites (N-methyl/N-ethyl adjacent to an activating group) is 1. The van der Waals surface area contributed by atoms with E-state index in [9.17, 15) is 9.59 Å². The highest BCUT2D eigenvalue weighted by molar-refractivity contribution is 6.05. The molecule has 1 unspecified atom stereocenters. The maximum atomic E-state index is 12.2. The van der Waals surface area contributed by atoms with Crippen LogP contribution in [-0.2, 0) is 9.53 Å². The number of ether oxygens (including phenoxy) is 1. The van der Waals surface area contributed by atoms with Crippen LogP contribution in [0.1, 0.15) is 22.0 Å². The van der Waals surface area contributed by atoms with Crippen LogP contribution >= 0.6 is 0 Å². The number of benzene rings is 2. The molecule has 1 atom stereocenters. The molecule has 0 N–H and O–H groups in total. The van der Waals surface area contributed by atoms with Gasteiger partial charge in [0.15, 0.2) is 0 Å². The van der Waals surface area contributed by atoms with Crippen molar-refractivity contribution in [3.05, 3.63) is 65.7 Å². The summed E-state index contributed by atoms with van der Waals surface area (Å²) in [4.78, 5) is 25.8. The van der Waals surface area contributed by atoms with Gasteiger partial charge in [-0.15, -0.1) is 0 Å². The second-order valence-corrected chi connectivity index (χ2v) is 4.61. The van der Waals surface area contributed by atoms with E-state index in [1.807, 2.05) is 24.3 Å². The van der Waals surface area contributed by atoms with E-state index in [1.165, 1.54) is 4.90 Å². The number of carbonyl (C=O) groups is 2. The Bertz CT molecular complexity index is 666. The smallest absolute Gasteiger partial charge is 0.339 e. The topological polar surface area (TPSA) is 46.6 Å². The van der Waals surface area contributed by atoms with Crippen LogP contribution < -0.4 is 4.90 Å². The van der Waals surface area contributed by atoms with Crippen LogP contribution in [0.2, 0.25) is 0 Å². The summed E-state index contributed by atoms with van der Waals surface area (Å²) in [5.74, 6) is -0.718. The summed E-state index contributed by atoms with van der Waals surface area (Å²) >= 11 is 0. The molecule has 0 fully saturated rings. The van der Waals surface area contributed by atoms with Gasteiger partial charge >= 0.3 is 5.97 Å². The van der Waals surface area contributed by atoms with Crippen LogP contribution in [-0.4, -0.2) is 18.9 Å². The van der Waals surface area contributed by atoms with Gasteiger partial charge in [0.05, 0.1) is 11.3 Å². The van der Waals surface area contributed by atoms with Crippen molar-refractivity contribution in [3.8, 4) is 0 Å². The van der Waals surface area contributed by atoms with Crippen molar-refractivity contribution in [3.63, 3.8) is 0 Å². The van der Waals surface area contributed by atoms with Gasteiger partial charge in [0.1, 0.15) is 0 Å². The van der Waals surface area contributed by atoms with Gasteiger partial charge in [-0.05, 0) is 18.2 Å². The van der Waals surface area contributed by atoms with Crippen LogP contribution in [0.4, 0.5) is 5.69 Å². The first-order chi connectivity index (χ1) is 9.68. The predicted molar refractivity (Wildman–Crippen MR) is 74.5 cm³/mol. The Morgan fingerprint density at radius 2 is 1.70 bits per heavy atom. The van der Waals surface area contributed by atoms with Crippen LogP contribution in [0.5, 0.6) is 0 Å². The Morgan fingerprint density at radius 3 is 2.45 bits per heavy atom. The van der Waals surface area contributed by atoms with Gasteiger partial charge in [0.25, 0.3) is 5.91 Å². The fraction of sp³-hybridized carbons (Fsp3) is 0.125. The normalized spacial score (nSPS) is 16.9. The van der Waals surface area contributed by atoms with E-state index < -0.39 is 12.1 Å². The SMILES string of the molecule is CN1C(=O)C(OC(=O)c2ccccc2)c2ccccc21. The first kappa shape index (κ1) is 12.4. The van der Waals surface area contributed by atoms with Crippen molar-refractivity contribution >= 4 is 17.6 Å². The van der Waals surface area contributed by atoms with Crippen LogP contribution in [0.3, 0.4) is 0 Å². The van der Waals surface area contributed by atoms with Crippen molar-refractivity contribution in [2.24, 2.45) is 0 Å². The van der Waals surface area contributed by atoms with Crippen molar-refractivity contribution in [2.45, 2.75) is 6.10 Å². The third kappa shape index (κ3) is 1.95. The summed E-state index contributed by atoms with van der Waals surface area (Å²) < 4.78 is 5.38. The molecule has 100 valence electrons. The van der Waals surface area contributed by atoms with Crippen molar-refractivity contribution in [1.29, 1.82) is 0 Å². The number of rotatable bonds is 2. The summed E-state index contributed by atoms with van der Waals surface area (Å²) in [6, 6.07) is 16.0. The van der Waals surface area contributed by atoms with Crippen molar-refractivity contribution in [2.75, 3.05) is 11.9 Å². The third-order valence-electron chi connectivity index (χ3n) is 3.37. The van der Waals surface area contributed by atoms with E-state index in [0.29, 0.717) is 5.56 Å². The van der Waals surface area contributed by atoms with Gasteiger partial charge in [0, 0.05) is 12.6 Å². The zero-order valence-electron chi connectivity index (χ0n) is 10.9. The van der Waals surface area contributed by atoms with E-state index >= 15 is 0 Å². The fourth-order valence-electron chi connectivity index (χ4n) is 2.31. The zero-order valence-corrected chi connectivity index (χ0v) is 10.9. The van der Waals surface area contributed by atoms with Gasteiger partial charge < -0.3 is 9.64 Å². The van der Waals surface area contributed by atoms with Crippen LogP contribution in [0, 0.1) is 0 Å². The second-order valence-electron chi connectivity index (χ2n) is 4.61. The molecule has 0 aliphatic carbocycles. The Labute approximate surface area is 116 Å². The highest BCUT2D eigenvalue weighted by atomic mass is 16.5. The molecule has 4 nitrogen and oxygen atoms in total. The average molecular weight is 267 g/mol. The molecule has 0 aromatic heterocycles. The molecule has 0 spiro atoms. The lowest BCUT2D eigenvalue weighted by molar-refractivity contribution is -0.126. The lowest BCUT2D eigenvalue weighted by Crippen LogP contribution is -2.26. The molecular formula is C16H13NO3. The lowest BCUT2D eigenvalue weighted by atomic mass is 10.1. The molecule has 20 heavy (non-hydrogen) atoms. The maximum absolute atomic E-state index is 12.2. The summed E-state index contributed by atoms with van der Waals surface area (Å²) in [5.41, 5.74) is 1.94. The lowest BCUT2D eigenvalue weighted by Gasteiger charge is -2.12. The van der Waals surface area contributed by atoms with Gasteiger partial charge in [-0.3, -0.25) is 4.79 Å². The second kappa shape index (κ2) is 4.81. The molecular weight excluding hydrogens is 254 g/mol. The molecule has 0 bridgehead atoms. The van der Waals surface area contributed by atoms with Crippen molar-refractivity contribution < 1.29 is 14.3 Å². The molecule has 0 radical (unpaired) electrons. The molecule has 1 amide bonds. The predicted octanol–water partition coefficient (Wildman–Crippen LogP) is 2.56. The number of hydrogen-bond acceptors (Lipinski definition) is 3. The van der Waals surface area contributed by atoms with Gasteiger partial charge in [-0.25, -0.2) is 4.79 Å². The summed E-state index contributed by atoms with van der Waals surface area (Å²) in [6.07, 6.45) is -0.857. The van der Waals surface area contributed by atoms with Crippen molar-refractivity contribution in [1.82, 2.24) is 0 Å². The third-order valence-corrected chi connectivity index (χ3v) is 3.37. The molecule has 1 heterocycles. The highest BCUT2D eigenvalue weighted by Gasteiger charge is 2.37. The number of amides is 1. The van der Waals surface area contributed by atoms with E-state index in [0.717, 1.165) is 11.3 Å². The first-order valence-electron chi connectivity index (χ1n) is 6.31. The van der Waals surface area contributed by atoms with Gasteiger partial charge in [0.2, 0.25) is 6.10 Å². The summed E-state index contributed by atoms with van der Waals surface area (Å²) in [6.45, 7) is 0. The molecule has 0 saturated heterocycles. The Kier molecular flexibility index (Phi) is 2.99. The molecule has 3 rings (SSSR count). The van der Waals surface area contributed by atoms with Crippen LogP contribution in [0.15, 0.2) is 54.6 Å². The minimum atomic E-state index is -0.857. The molecule has 1 aliphatic rings. The molecule has 1 aliphatic heterocycles. The number of nitrogens with zero attached hydrogens (tertiary/aromatic N) is 1. The first-order valence-corrected chi connectivity index (χ1v) is 6.31. The van der Waals surface area contributed by atoms with Gasteiger partial charge in [-0.2, -0.15) is 0 Å². The number of hydrogen-bond donors (Lipinski definition) is 0. The van der Waals surface area contributed by atoms with E-state index in [2.05, 4.69) is 0 Å². The average Bonchev–Trinajstić information content (AvgIpc) is 2.74. The molecule has 2 aromatic carbocycles. The summed E-state index contributed by atoms with van der Waals surface area (Å²) in [5, 5.41) is 0. The standard InChI is InChI=1S/C16H13NO3/c1-17-13-10-6-5-9-12(13)14(15(17)18)20-16(19)11-7-3-2-4-8-11/h2-10,14H,1H3. The minimum Gasteiger partial charge on any atom is -0.444 e. The summed E-state index contributed by atoms with van der Waals surface area (Å²) in [7, 11) is 1.68. The highest BCUT2D eigenvalue weighted by Crippen LogP contribution is 2.37. The Morgan fingerprint density at radius 1 is 1.05 bits per heavy atom. The Hall–Kier alpha value is -2.62. The monoisotopic (exact) mass is 267 g/mol. The number of carbonyl (C=O) groups excluding carboxylic acids is 2. The number of esters is 1. The molecule has 4 heteroatoms. The van der Waals surface area contributed by atoms with E-state index in [4.69, 9.17) is 4.74 Å². The quantitative estimate of drug-likeness (QED) is 0.786. The van der Waals surface area contributed by atoms with E-state index in [1.54, 1.807) is 37.4 Å². The van der Waals surface area contributed by atoms with Crippen LogP contribution in [0.25, 0.3) is 0 Å². The fourth-order valence-corrected chi connectivity index (χ4v) is 2.31. The van der Waals surface area contributed by atoms with E-state index in [-0.39, 0.29) is 5.91 Å². The largest absolute Gasteiger partial charge is 0.444 e. The maximum Gasteiger partial charge on any atom is 0.339 e. The zero-order chi connectivity index (χ0) is 14.1. The number of fused-ring (bicyclic) bond motifs is 1. The molecule has 2 aromatic rings. The molecule has 0 saturated carbocycles. The van der Waals surface area contributed by atoms with Gasteiger partial charge in [-0.1, -0.05) is 36.4 Å². The Balaban J connectivity index is 1.89.